The van der Waals surface area contributed by atoms with Crippen LogP contribution in [0.5, 0.6) is 11.5 Å². The Hall–Kier alpha value is -4.14. The molecule has 158 valence electrons. The summed E-state index contributed by atoms with van der Waals surface area (Å²) in [5.74, 6) is 0.838. The minimum Gasteiger partial charge on any atom is -0.497 e. The number of fused-ring (bicyclic) bond motifs is 1. The van der Waals surface area contributed by atoms with E-state index in [1.807, 2.05) is 30.3 Å². The van der Waals surface area contributed by atoms with Crippen molar-refractivity contribution in [1.29, 1.82) is 0 Å². The number of amides is 1. The molecular weight excluding hydrogens is 400 g/mol. The Morgan fingerprint density at radius 3 is 2.48 bits per heavy atom. The van der Waals surface area contributed by atoms with Gasteiger partial charge in [-0.2, -0.15) is 0 Å². The van der Waals surface area contributed by atoms with E-state index in [-0.39, 0.29) is 24.5 Å². The maximum absolute atomic E-state index is 12.7. The van der Waals surface area contributed by atoms with Crippen molar-refractivity contribution in [3.63, 3.8) is 0 Å². The first-order valence-electron chi connectivity index (χ1n) is 9.52. The maximum Gasteiger partial charge on any atom is 0.299 e. The number of aryl methyl sites for hydroxylation is 1. The molecule has 9 nitrogen and oxygen atoms in total. The fourth-order valence-electron chi connectivity index (χ4n) is 3.13. The molecule has 0 aliphatic rings. The Labute approximate surface area is 177 Å². The van der Waals surface area contributed by atoms with Gasteiger partial charge >= 0.3 is 0 Å². The van der Waals surface area contributed by atoms with E-state index in [9.17, 15) is 9.59 Å². The average molecular weight is 420 g/mol. The summed E-state index contributed by atoms with van der Waals surface area (Å²) in [5, 5.41) is 6.77. The molecule has 0 aliphatic carbocycles. The molecule has 0 radical (unpaired) electrons. The van der Waals surface area contributed by atoms with Gasteiger partial charge in [-0.1, -0.05) is 35.5 Å². The van der Waals surface area contributed by atoms with E-state index in [1.54, 1.807) is 18.2 Å². The third kappa shape index (κ3) is 4.25. The van der Waals surface area contributed by atoms with Crippen LogP contribution < -0.4 is 20.3 Å². The van der Waals surface area contributed by atoms with E-state index in [0.717, 1.165) is 5.56 Å². The predicted molar refractivity (Wildman–Crippen MR) is 114 cm³/mol. The number of hydrogen-bond donors (Lipinski definition) is 1. The van der Waals surface area contributed by atoms with E-state index >= 15 is 0 Å². The van der Waals surface area contributed by atoms with Gasteiger partial charge in [0.1, 0.15) is 22.7 Å². The fourth-order valence-corrected chi connectivity index (χ4v) is 3.13. The number of aromatic nitrogens is 3. The lowest BCUT2D eigenvalue weighted by Gasteiger charge is -2.10. The lowest BCUT2D eigenvalue weighted by Crippen LogP contribution is -2.23. The Bertz CT molecular complexity index is 1260. The highest BCUT2D eigenvalue weighted by molar-refractivity contribution is 5.91. The molecule has 0 spiro atoms. The number of carbonyl (C=O) groups excluding carboxylic acids is 1. The number of rotatable bonds is 7. The molecular formula is C22H20N4O5. The molecule has 1 amide bonds. The number of nitrogens with zero attached hydrogens (tertiary/aromatic N) is 3. The van der Waals surface area contributed by atoms with E-state index in [2.05, 4.69) is 15.5 Å². The van der Waals surface area contributed by atoms with E-state index < -0.39 is 5.56 Å². The molecule has 4 rings (SSSR count). The van der Waals surface area contributed by atoms with Gasteiger partial charge in [-0.15, -0.1) is 0 Å². The van der Waals surface area contributed by atoms with Crippen LogP contribution in [0.25, 0.3) is 22.4 Å². The minimum atomic E-state index is -0.393. The van der Waals surface area contributed by atoms with Gasteiger partial charge in [0.25, 0.3) is 11.1 Å². The fraction of sp³-hybridized carbons (Fsp3) is 0.182. The monoisotopic (exact) mass is 420 g/mol. The first kappa shape index (κ1) is 20.1. The molecule has 0 saturated heterocycles. The summed E-state index contributed by atoms with van der Waals surface area (Å²) in [4.78, 5) is 29.4. The molecule has 0 saturated carbocycles. The van der Waals surface area contributed by atoms with Crippen molar-refractivity contribution >= 4 is 22.7 Å². The van der Waals surface area contributed by atoms with Crippen LogP contribution in [-0.4, -0.2) is 34.8 Å². The molecule has 2 heterocycles. The summed E-state index contributed by atoms with van der Waals surface area (Å²) < 4.78 is 17.0. The summed E-state index contributed by atoms with van der Waals surface area (Å²) >= 11 is 0. The Morgan fingerprint density at radius 1 is 1.10 bits per heavy atom. The van der Waals surface area contributed by atoms with Crippen molar-refractivity contribution in [2.24, 2.45) is 0 Å². The van der Waals surface area contributed by atoms with Gasteiger partial charge in [0.05, 0.1) is 20.5 Å². The van der Waals surface area contributed by atoms with Gasteiger partial charge < -0.3 is 19.3 Å². The zero-order valence-corrected chi connectivity index (χ0v) is 17.0. The number of hydrogen-bond acceptors (Lipinski definition) is 7. The summed E-state index contributed by atoms with van der Waals surface area (Å²) in [6, 6.07) is 14.4. The molecule has 0 bridgehead atoms. The Morgan fingerprint density at radius 2 is 1.81 bits per heavy atom. The number of benzene rings is 2. The van der Waals surface area contributed by atoms with Crippen LogP contribution in [0.4, 0.5) is 5.69 Å². The lowest BCUT2D eigenvalue weighted by molar-refractivity contribution is -0.116. The molecule has 0 unspecified atom stereocenters. The van der Waals surface area contributed by atoms with E-state index in [1.165, 1.54) is 25.1 Å². The van der Waals surface area contributed by atoms with Gasteiger partial charge in [0.2, 0.25) is 5.91 Å². The van der Waals surface area contributed by atoms with Gasteiger partial charge in [-0.25, -0.2) is 4.98 Å². The topological polar surface area (TPSA) is 108 Å². The minimum absolute atomic E-state index is 0.0549. The number of methoxy groups -OCH3 is 2. The van der Waals surface area contributed by atoms with Crippen molar-refractivity contribution in [1.82, 2.24) is 14.7 Å². The van der Waals surface area contributed by atoms with Gasteiger partial charge in [-0.3, -0.25) is 14.2 Å². The smallest absolute Gasteiger partial charge is 0.299 e. The van der Waals surface area contributed by atoms with Crippen LogP contribution in [0.2, 0.25) is 0 Å². The highest BCUT2D eigenvalue weighted by atomic mass is 16.5. The van der Waals surface area contributed by atoms with Crippen LogP contribution in [0.3, 0.4) is 0 Å². The molecule has 0 aliphatic heterocycles. The highest BCUT2D eigenvalue weighted by Crippen LogP contribution is 2.26. The van der Waals surface area contributed by atoms with Gasteiger partial charge in [0, 0.05) is 42.4 Å². The average Bonchev–Trinajstić information content (AvgIpc) is 3.24. The summed E-state index contributed by atoms with van der Waals surface area (Å²) in [5.41, 5.74) is 1.89. The van der Waals surface area contributed by atoms with E-state index in [0.29, 0.717) is 28.4 Å². The van der Waals surface area contributed by atoms with Crippen LogP contribution in [0.1, 0.15) is 6.42 Å². The standard InChI is InChI=1S/C22H20N4O5/c1-29-16-10-15(11-17(12-16)30-2)24-18(27)8-9-26-13-23-20-19(14-6-4-3-5-7-14)25-31-21(20)22(26)28/h3-7,10-13H,8-9H2,1-2H3,(H,24,27). The number of anilines is 1. The zero-order chi connectivity index (χ0) is 21.8. The van der Waals surface area contributed by atoms with Crippen molar-refractivity contribution in [3.05, 3.63) is 65.2 Å². The first-order valence-corrected chi connectivity index (χ1v) is 9.52. The maximum atomic E-state index is 12.7. The van der Waals surface area contributed by atoms with Crippen molar-refractivity contribution < 1.29 is 18.8 Å². The highest BCUT2D eigenvalue weighted by Gasteiger charge is 2.16. The third-order valence-corrected chi connectivity index (χ3v) is 4.71. The Kier molecular flexibility index (Phi) is 5.65. The predicted octanol–water partition coefficient (Wildman–Crippen LogP) is 3.10. The lowest BCUT2D eigenvalue weighted by atomic mass is 10.1. The van der Waals surface area contributed by atoms with Gasteiger partial charge in [-0.05, 0) is 0 Å². The normalized spacial score (nSPS) is 10.8. The second-order valence-corrected chi connectivity index (χ2v) is 6.72. The second-order valence-electron chi connectivity index (χ2n) is 6.72. The van der Waals surface area contributed by atoms with Crippen LogP contribution >= 0.6 is 0 Å². The molecule has 1 N–H and O–H groups in total. The van der Waals surface area contributed by atoms with Crippen molar-refractivity contribution in [2.75, 3.05) is 19.5 Å². The summed E-state index contributed by atoms with van der Waals surface area (Å²) in [6.45, 7) is 0.135. The third-order valence-electron chi connectivity index (χ3n) is 4.71. The first-order chi connectivity index (χ1) is 15.1. The molecule has 31 heavy (non-hydrogen) atoms. The van der Waals surface area contributed by atoms with Crippen molar-refractivity contribution in [3.8, 4) is 22.8 Å². The molecule has 9 heteroatoms. The molecule has 0 fully saturated rings. The number of ether oxygens (including phenoxy) is 2. The molecule has 2 aromatic heterocycles. The zero-order valence-electron chi connectivity index (χ0n) is 17.0. The largest absolute Gasteiger partial charge is 0.497 e. The van der Waals surface area contributed by atoms with Crippen LogP contribution in [0.15, 0.2) is 64.2 Å². The SMILES string of the molecule is COc1cc(NC(=O)CCn2cnc3c(-c4ccccc4)noc3c2=O)cc(OC)c1. The van der Waals surface area contributed by atoms with Crippen LogP contribution in [0, 0.1) is 0 Å². The summed E-state index contributed by atoms with van der Waals surface area (Å²) in [6.07, 6.45) is 1.46. The quantitative estimate of drug-likeness (QED) is 0.489. The summed E-state index contributed by atoms with van der Waals surface area (Å²) in [7, 11) is 3.06. The molecule has 0 atom stereocenters. The molecule has 2 aromatic carbocycles. The number of nitrogens with one attached hydrogen (secondary N) is 1. The van der Waals surface area contributed by atoms with Crippen molar-refractivity contribution in [2.45, 2.75) is 13.0 Å². The number of carbonyl (C=O) groups is 1. The van der Waals surface area contributed by atoms with Crippen LogP contribution in [-0.2, 0) is 11.3 Å². The van der Waals surface area contributed by atoms with E-state index in [4.69, 9.17) is 14.0 Å². The molecule has 4 aromatic rings. The Balaban J connectivity index is 1.49. The second kappa shape index (κ2) is 8.70. The van der Waals surface area contributed by atoms with Gasteiger partial charge in [0.15, 0.2) is 0 Å².